The van der Waals surface area contributed by atoms with Gasteiger partial charge in [-0.1, -0.05) is 29.5 Å². The van der Waals surface area contributed by atoms with Crippen LogP contribution in [0.4, 0.5) is 5.69 Å². The first-order valence-corrected chi connectivity index (χ1v) is 10.0. The molecule has 0 radical (unpaired) electrons. The summed E-state index contributed by atoms with van der Waals surface area (Å²) in [5.41, 5.74) is -0.389. The molecule has 0 N–H and O–H groups in total. The van der Waals surface area contributed by atoms with Gasteiger partial charge < -0.3 is 9.47 Å². The van der Waals surface area contributed by atoms with Crippen molar-refractivity contribution in [3.8, 4) is 22.3 Å². The van der Waals surface area contributed by atoms with Gasteiger partial charge in [-0.3, -0.25) is 10.1 Å². The molecule has 9 heteroatoms. The van der Waals surface area contributed by atoms with Crippen LogP contribution in [0.3, 0.4) is 0 Å². The van der Waals surface area contributed by atoms with E-state index in [9.17, 15) is 18.5 Å². The topological polar surface area (TPSA) is 95.7 Å². The first-order valence-electron chi connectivity index (χ1n) is 7.32. The Morgan fingerprint density at radius 3 is 2.00 bits per heavy atom. The van der Waals surface area contributed by atoms with Gasteiger partial charge in [-0.25, -0.2) is 8.42 Å². The zero-order valence-corrected chi connectivity index (χ0v) is 15.1. The van der Waals surface area contributed by atoms with Crippen molar-refractivity contribution in [2.75, 3.05) is 6.26 Å². The smallest absolute Gasteiger partial charge is 0.324 e. The number of rotatable bonds is 6. The van der Waals surface area contributed by atoms with Crippen molar-refractivity contribution in [3.05, 3.63) is 70.8 Å². The van der Waals surface area contributed by atoms with Gasteiger partial charge >= 0.3 is 5.69 Å². The Bertz CT molecular complexity index is 1030. The Morgan fingerprint density at radius 1 is 0.923 bits per heavy atom. The van der Waals surface area contributed by atoms with Crippen LogP contribution in [0.1, 0.15) is 0 Å². The second-order valence-electron chi connectivity index (χ2n) is 5.26. The lowest BCUT2D eigenvalue weighted by Crippen LogP contribution is -1.92. The van der Waals surface area contributed by atoms with Gasteiger partial charge in [-0.15, -0.1) is 0 Å². The largest absolute Gasteiger partial charge is 0.457 e. The van der Waals surface area contributed by atoms with Crippen LogP contribution in [0.15, 0.2) is 64.9 Å². The normalized spacial score (nSPS) is 11.1. The molecule has 26 heavy (non-hydrogen) atoms. The van der Waals surface area contributed by atoms with Crippen LogP contribution in [-0.2, 0) is 9.84 Å². The molecule has 0 bridgehead atoms. The number of thiophene rings is 1. The Balaban J connectivity index is 1.81. The number of nitro groups is 1. The van der Waals surface area contributed by atoms with Crippen molar-refractivity contribution in [2.45, 2.75) is 4.21 Å². The summed E-state index contributed by atoms with van der Waals surface area (Å²) in [7, 11) is -3.56. The summed E-state index contributed by atoms with van der Waals surface area (Å²) >= 11 is 0.713. The predicted octanol–water partition coefficient (Wildman–Crippen LogP) is 4.64. The molecule has 3 rings (SSSR count). The van der Waals surface area contributed by atoms with Gasteiger partial charge in [0.05, 0.1) is 4.92 Å². The summed E-state index contributed by atoms with van der Waals surface area (Å²) < 4.78 is 34.3. The molecule has 0 fully saturated rings. The van der Waals surface area contributed by atoms with Crippen LogP contribution >= 0.6 is 11.3 Å². The highest BCUT2D eigenvalue weighted by Gasteiger charge is 2.25. The second-order valence-corrected chi connectivity index (χ2v) is 8.51. The van der Waals surface area contributed by atoms with Crippen molar-refractivity contribution in [1.29, 1.82) is 0 Å². The van der Waals surface area contributed by atoms with Gasteiger partial charge in [0.2, 0.25) is 0 Å². The molecule has 3 aromatic rings. The third-order valence-electron chi connectivity index (χ3n) is 3.23. The summed E-state index contributed by atoms with van der Waals surface area (Å²) in [6.07, 6.45) is 0.988. The minimum atomic E-state index is -3.56. The van der Waals surface area contributed by atoms with Crippen LogP contribution in [0, 0.1) is 10.1 Å². The van der Waals surface area contributed by atoms with Crippen LogP contribution in [0.25, 0.3) is 0 Å². The number of hydrogen-bond donors (Lipinski definition) is 0. The number of nitrogens with zero attached hydrogens (tertiary/aromatic N) is 1. The minimum Gasteiger partial charge on any atom is -0.457 e. The lowest BCUT2D eigenvalue weighted by Gasteiger charge is -2.07. The van der Waals surface area contributed by atoms with Gasteiger partial charge in [-0.2, -0.15) is 0 Å². The van der Waals surface area contributed by atoms with Crippen molar-refractivity contribution in [3.63, 3.8) is 0 Å². The highest BCUT2D eigenvalue weighted by Crippen LogP contribution is 2.41. The molecule has 0 atom stereocenters. The molecule has 1 heterocycles. The average molecular weight is 391 g/mol. The van der Waals surface area contributed by atoms with E-state index in [1.165, 1.54) is 0 Å². The van der Waals surface area contributed by atoms with Crippen molar-refractivity contribution in [2.24, 2.45) is 0 Å². The molecular formula is C17H13NO6S2. The first-order chi connectivity index (χ1) is 12.3. The van der Waals surface area contributed by atoms with E-state index in [1.54, 1.807) is 24.3 Å². The van der Waals surface area contributed by atoms with Gasteiger partial charge in [0, 0.05) is 12.3 Å². The molecule has 0 saturated carbocycles. The van der Waals surface area contributed by atoms with Gasteiger partial charge in [0.25, 0.3) is 5.06 Å². The lowest BCUT2D eigenvalue weighted by atomic mass is 10.3. The van der Waals surface area contributed by atoms with E-state index in [0.717, 1.165) is 12.3 Å². The number of ether oxygens (including phenoxy) is 2. The summed E-state index contributed by atoms with van der Waals surface area (Å²) in [6.45, 7) is 0. The number of sulfone groups is 1. The fourth-order valence-electron chi connectivity index (χ4n) is 2.03. The molecule has 1 aromatic heterocycles. The van der Waals surface area contributed by atoms with E-state index < -0.39 is 14.8 Å². The highest BCUT2D eigenvalue weighted by molar-refractivity contribution is 7.92. The molecule has 0 aliphatic carbocycles. The molecule has 0 unspecified atom stereocenters. The maximum Gasteiger partial charge on any atom is 0.324 e. The summed E-state index contributed by atoms with van der Waals surface area (Å²) in [5, 5.41) is 11.0. The molecule has 0 amide bonds. The Morgan fingerprint density at radius 2 is 1.46 bits per heavy atom. The quantitative estimate of drug-likeness (QED) is 0.448. The molecule has 2 aromatic carbocycles. The van der Waals surface area contributed by atoms with Crippen LogP contribution in [0.2, 0.25) is 0 Å². The van der Waals surface area contributed by atoms with E-state index in [0.29, 0.717) is 28.6 Å². The Hall–Kier alpha value is -2.91. The monoisotopic (exact) mass is 391 g/mol. The maximum absolute atomic E-state index is 11.6. The number of hydrogen-bond acceptors (Lipinski definition) is 7. The van der Waals surface area contributed by atoms with E-state index in [1.807, 2.05) is 30.3 Å². The Labute approximate surface area is 153 Å². The number of para-hydroxylation sites is 1. The van der Waals surface area contributed by atoms with Crippen molar-refractivity contribution < 1.29 is 22.8 Å². The van der Waals surface area contributed by atoms with Crippen molar-refractivity contribution in [1.82, 2.24) is 0 Å². The first kappa shape index (κ1) is 17.9. The highest BCUT2D eigenvalue weighted by atomic mass is 32.2. The zero-order chi connectivity index (χ0) is 18.7. The third-order valence-corrected chi connectivity index (χ3v) is 6.04. The number of benzene rings is 2. The van der Waals surface area contributed by atoms with Crippen LogP contribution in [0.5, 0.6) is 22.3 Å². The van der Waals surface area contributed by atoms with Gasteiger partial charge in [0.1, 0.15) is 21.5 Å². The van der Waals surface area contributed by atoms with E-state index >= 15 is 0 Å². The maximum atomic E-state index is 11.6. The third kappa shape index (κ3) is 4.19. The Kier molecular flexibility index (Phi) is 4.92. The fraction of sp³-hybridized carbons (Fsp3) is 0.0588. The summed E-state index contributed by atoms with van der Waals surface area (Å²) in [6, 6.07) is 16.7. The predicted molar refractivity (Wildman–Crippen MR) is 97.1 cm³/mol. The minimum absolute atomic E-state index is 0.0906. The molecule has 7 nitrogen and oxygen atoms in total. The van der Waals surface area contributed by atoms with E-state index in [-0.39, 0.29) is 15.0 Å². The SMILES string of the molecule is CS(=O)(=O)c1cc([N+](=O)[O-])c(Oc2ccc(Oc3ccccc3)cc2)s1. The molecule has 0 saturated heterocycles. The van der Waals surface area contributed by atoms with E-state index in [2.05, 4.69) is 0 Å². The van der Waals surface area contributed by atoms with Crippen molar-refractivity contribution >= 4 is 26.9 Å². The second kappa shape index (κ2) is 7.14. The molecule has 0 spiro atoms. The van der Waals surface area contributed by atoms with Gasteiger partial charge in [0.15, 0.2) is 9.84 Å². The molecule has 134 valence electrons. The molecular weight excluding hydrogens is 378 g/mol. The zero-order valence-electron chi connectivity index (χ0n) is 13.5. The average Bonchev–Trinajstić information content (AvgIpc) is 3.02. The standard InChI is InChI=1S/C17H13NO6S2/c1-26(21,22)16-11-15(18(19)20)17(25-16)24-14-9-7-13(8-10-14)23-12-5-3-2-4-6-12/h2-11H,1H3. The van der Waals surface area contributed by atoms with Crippen LogP contribution < -0.4 is 9.47 Å². The van der Waals surface area contributed by atoms with Crippen LogP contribution in [-0.4, -0.2) is 19.6 Å². The van der Waals surface area contributed by atoms with Gasteiger partial charge in [-0.05, 0) is 36.4 Å². The molecule has 0 aliphatic heterocycles. The van der Waals surface area contributed by atoms with E-state index in [4.69, 9.17) is 9.47 Å². The summed E-state index contributed by atoms with van der Waals surface area (Å²) in [4.78, 5) is 10.5. The molecule has 0 aliphatic rings. The summed E-state index contributed by atoms with van der Waals surface area (Å²) in [5.74, 6) is 1.57. The fourth-order valence-corrected chi connectivity index (χ4v) is 3.92. The lowest BCUT2D eigenvalue weighted by molar-refractivity contribution is -0.385.